The number of hydrogen-bond acceptors (Lipinski definition) is 5. The molecule has 0 aliphatic heterocycles. The predicted octanol–water partition coefficient (Wildman–Crippen LogP) is 1.37. The molecule has 5 nitrogen and oxygen atoms in total. The third-order valence-corrected chi connectivity index (χ3v) is 2.32. The minimum absolute atomic E-state index is 0.407. The van der Waals surface area contributed by atoms with Gasteiger partial charge in [0, 0.05) is 31.3 Å². The fraction of sp³-hybridized carbons (Fsp3) is 0.182. The summed E-state index contributed by atoms with van der Waals surface area (Å²) >= 11 is 0. The largest absolute Gasteiger partial charge is 0.381 e. The summed E-state index contributed by atoms with van der Waals surface area (Å²) in [5, 5.41) is 3.13. The topological polar surface area (TPSA) is 76.7 Å². The molecule has 0 aliphatic rings. The highest BCUT2D eigenvalue weighted by atomic mass is 15.0. The van der Waals surface area contributed by atoms with Gasteiger partial charge in [0.1, 0.15) is 0 Å². The number of nitrogens with one attached hydrogen (secondary N) is 1. The first kappa shape index (κ1) is 10.4. The summed E-state index contributed by atoms with van der Waals surface area (Å²) in [4.78, 5) is 12.1. The van der Waals surface area contributed by atoms with Crippen LogP contribution in [0.15, 0.2) is 30.9 Å². The molecule has 5 heteroatoms. The molecule has 0 saturated heterocycles. The molecule has 0 fully saturated rings. The predicted molar refractivity (Wildman–Crippen MR) is 62.7 cm³/mol. The molecular formula is C11H13N5. The maximum Gasteiger partial charge on any atom is 0.169 e. The van der Waals surface area contributed by atoms with Crippen molar-refractivity contribution in [1.29, 1.82) is 0 Å². The van der Waals surface area contributed by atoms with Gasteiger partial charge in [0.05, 0.1) is 0 Å². The zero-order valence-corrected chi connectivity index (χ0v) is 9.01. The van der Waals surface area contributed by atoms with Crippen LogP contribution in [0.1, 0.15) is 11.1 Å². The SMILES string of the molecule is Cc1ccncc1CNc1nccnc1N. The van der Waals surface area contributed by atoms with Crippen LogP contribution >= 0.6 is 0 Å². The molecule has 3 N–H and O–H groups in total. The van der Waals surface area contributed by atoms with Crippen LogP contribution in [-0.4, -0.2) is 15.0 Å². The van der Waals surface area contributed by atoms with E-state index in [1.807, 2.05) is 19.2 Å². The molecular weight excluding hydrogens is 202 g/mol. The number of aromatic nitrogens is 3. The Balaban J connectivity index is 2.09. The molecule has 0 aliphatic carbocycles. The van der Waals surface area contributed by atoms with Crippen molar-refractivity contribution in [3.63, 3.8) is 0 Å². The molecule has 0 atom stereocenters. The third-order valence-electron chi connectivity index (χ3n) is 2.32. The molecule has 2 aromatic rings. The summed E-state index contributed by atoms with van der Waals surface area (Å²) in [5.41, 5.74) is 7.97. The van der Waals surface area contributed by atoms with E-state index < -0.39 is 0 Å². The molecule has 0 radical (unpaired) electrons. The molecule has 16 heavy (non-hydrogen) atoms. The summed E-state index contributed by atoms with van der Waals surface area (Å²) < 4.78 is 0. The average Bonchev–Trinajstić information content (AvgIpc) is 2.30. The van der Waals surface area contributed by atoms with Gasteiger partial charge in [-0.15, -0.1) is 0 Å². The number of pyridine rings is 1. The fourth-order valence-corrected chi connectivity index (χ4v) is 1.35. The van der Waals surface area contributed by atoms with Crippen molar-refractivity contribution < 1.29 is 0 Å². The maximum absolute atomic E-state index is 5.67. The second kappa shape index (κ2) is 4.57. The van der Waals surface area contributed by atoms with Crippen molar-refractivity contribution >= 4 is 11.6 Å². The Morgan fingerprint density at radius 1 is 1.25 bits per heavy atom. The molecule has 82 valence electrons. The van der Waals surface area contributed by atoms with Crippen molar-refractivity contribution in [3.05, 3.63) is 42.0 Å². The monoisotopic (exact) mass is 215 g/mol. The van der Waals surface area contributed by atoms with Gasteiger partial charge in [-0.2, -0.15) is 0 Å². The van der Waals surface area contributed by atoms with Gasteiger partial charge < -0.3 is 11.1 Å². The molecule has 0 unspecified atom stereocenters. The Bertz CT molecular complexity index is 438. The second-order valence-corrected chi connectivity index (χ2v) is 3.45. The van der Waals surface area contributed by atoms with Gasteiger partial charge in [-0.25, -0.2) is 9.97 Å². The highest BCUT2D eigenvalue weighted by Crippen LogP contribution is 2.12. The number of nitrogens with zero attached hydrogens (tertiary/aromatic N) is 3. The highest BCUT2D eigenvalue weighted by Gasteiger charge is 2.01. The summed E-state index contributed by atoms with van der Waals surface area (Å²) in [5.74, 6) is 1.01. The molecule has 2 aromatic heterocycles. The smallest absolute Gasteiger partial charge is 0.169 e. The molecule has 0 amide bonds. The van der Waals surface area contributed by atoms with E-state index in [1.165, 1.54) is 5.56 Å². The van der Waals surface area contributed by atoms with Crippen LogP contribution in [0.4, 0.5) is 11.6 Å². The number of nitrogen functional groups attached to an aromatic ring is 1. The van der Waals surface area contributed by atoms with Crippen LogP contribution in [-0.2, 0) is 6.54 Å². The first-order valence-electron chi connectivity index (χ1n) is 4.97. The Morgan fingerprint density at radius 3 is 2.81 bits per heavy atom. The number of nitrogens with two attached hydrogens (primary N) is 1. The summed E-state index contributed by atoms with van der Waals surface area (Å²) in [6.45, 7) is 2.68. The van der Waals surface area contributed by atoms with E-state index in [9.17, 15) is 0 Å². The van der Waals surface area contributed by atoms with Crippen molar-refractivity contribution in [1.82, 2.24) is 15.0 Å². The van der Waals surface area contributed by atoms with Gasteiger partial charge in [-0.1, -0.05) is 0 Å². The maximum atomic E-state index is 5.67. The standard InChI is InChI=1S/C11H13N5/c1-8-2-3-13-6-9(8)7-16-11-10(12)14-4-5-15-11/h2-6H,7H2,1H3,(H2,12,14)(H,15,16). The lowest BCUT2D eigenvalue weighted by molar-refractivity contribution is 1.05. The quantitative estimate of drug-likeness (QED) is 0.808. The van der Waals surface area contributed by atoms with E-state index in [4.69, 9.17) is 5.73 Å². The second-order valence-electron chi connectivity index (χ2n) is 3.45. The average molecular weight is 215 g/mol. The number of aryl methyl sites for hydroxylation is 1. The van der Waals surface area contributed by atoms with Crippen LogP contribution in [0.5, 0.6) is 0 Å². The lowest BCUT2D eigenvalue weighted by Gasteiger charge is -2.08. The lowest BCUT2D eigenvalue weighted by atomic mass is 10.1. The van der Waals surface area contributed by atoms with Crippen LogP contribution in [0.3, 0.4) is 0 Å². The van der Waals surface area contributed by atoms with Crippen molar-refractivity contribution in [2.24, 2.45) is 0 Å². The molecule has 0 saturated carbocycles. The van der Waals surface area contributed by atoms with E-state index in [-0.39, 0.29) is 0 Å². The van der Waals surface area contributed by atoms with Gasteiger partial charge in [0.2, 0.25) is 0 Å². The number of hydrogen-bond donors (Lipinski definition) is 2. The van der Waals surface area contributed by atoms with Gasteiger partial charge in [0.15, 0.2) is 11.6 Å². The van der Waals surface area contributed by atoms with Gasteiger partial charge in [-0.3, -0.25) is 4.98 Å². The molecule has 0 bridgehead atoms. The first-order chi connectivity index (χ1) is 7.77. The minimum Gasteiger partial charge on any atom is -0.381 e. The normalized spacial score (nSPS) is 10.1. The van der Waals surface area contributed by atoms with E-state index in [1.54, 1.807) is 18.6 Å². The Kier molecular flexibility index (Phi) is 2.95. The van der Waals surface area contributed by atoms with Crippen molar-refractivity contribution in [2.45, 2.75) is 13.5 Å². The molecule has 2 rings (SSSR count). The Labute approximate surface area is 93.8 Å². The van der Waals surface area contributed by atoms with Crippen molar-refractivity contribution in [2.75, 3.05) is 11.1 Å². The molecule has 0 aromatic carbocycles. The summed E-state index contributed by atoms with van der Waals surface area (Å²) in [6.07, 6.45) is 6.77. The zero-order valence-electron chi connectivity index (χ0n) is 9.01. The lowest BCUT2D eigenvalue weighted by Crippen LogP contribution is -2.06. The Hall–Kier alpha value is -2.17. The summed E-state index contributed by atoms with van der Waals surface area (Å²) in [7, 11) is 0. The van der Waals surface area contributed by atoms with E-state index in [2.05, 4.69) is 20.3 Å². The van der Waals surface area contributed by atoms with Crippen LogP contribution in [0, 0.1) is 6.92 Å². The van der Waals surface area contributed by atoms with Crippen molar-refractivity contribution in [3.8, 4) is 0 Å². The number of rotatable bonds is 3. The number of anilines is 2. The highest BCUT2D eigenvalue weighted by molar-refractivity contribution is 5.55. The van der Waals surface area contributed by atoms with Crippen LogP contribution in [0.2, 0.25) is 0 Å². The third kappa shape index (κ3) is 2.25. The van der Waals surface area contributed by atoms with Gasteiger partial charge in [0.25, 0.3) is 0 Å². The summed E-state index contributed by atoms with van der Waals surface area (Å²) in [6, 6.07) is 1.97. The first-order valence-corrected chi connectivity index (χ1v) is 4.97. The van der Waals surface area contributed by atoms with Gasteiger partial charge >= 0.3 is 0 Å². The zero-order chi connectivity index (χ0) is 11.4. The Morgan fingerprint density at radius 2 is 2.06 bits per heavy atom. The molecule has 2 heterocycles. The minimum atomic E-state index is 0.407. The van der Waals surface area contributed by atoms with Crippen LogP contribution in [0.25, 0.3) is 0 Å². The molecule has 0 spiro atoms. The van der Waals surface area contributed by atoms with Gasteiger partial charge in [-0.05, 0) is 24.1 Å². The van der Waals surface area contributed by atoms with Crippen LogP contribution < -0.4 is 11.1 Å². The fourth-order valence-electron chi connectivity index (χ4n) is 1.35. The van der Waals surface area contributed by atoms with E-state index in [0.717, 1.165) is 5.56 Å². The van der Waals surface area contributed by atoms with E-state index in [0.29, 0.717) is 18.2 Å². The van der Waals surface area contributed by atoms with E-state index >= 15 is 0 Å².